The number of aryl methyl sites for hydroxylation is 1. The molecular weight excluding hydrogens is 388 g/mol. The Balaban J connectivity index is 1.26. The molecule has 2 fully saturated rings. The van der Waals surface area contributed by atoms with Gasteiger partial charge in [0.05, 0.1) is 0 Å². The van der Waals surface area contributed by atoms with Crippen molar-refractivity contribution in [2.45, 2.75) is 26.7 Å². The lowest BCUT2D eigenvalue weighted by Crippen LogP contribution is -2.52. The Kier molecular flexibility index (Phi) is 6.44. The zero-order valence-corrected chi connectivity index (χ0v) is 18.5. The highest BCUT2D eigenvalue weighted by Gasteiger charge is 2.32. The van der Waals surface area contributed by atoms with Gasteiger partial charge in [-0.2, -0.15) is 0 Å². The highest BCUT2D eigenvalue weighted by atomic mass is 16.2. The number of nitrogens with zero attached hydrogens (tertiary/aromatic N) is 3. The van der Waals surface area contributed by atoms with Gasteiger partial charge in [-0.15, -0.1) is 0 Å². The third kappa shape index (κ3) is 4.84. The molecule has 6 heteroatoms. The van der Waals surface area contributed by atoms with Crippen molar-refractivity contribution in [2.75, 3.05) is 49.5 Å². The number of hydrogen-bond donors (Lipinski definition) is 1. The lowest BCUT2D eigenvalue weighted by atomic mass is 9.95. The summed E-state index contributed by atoms with van der Waals surface area (Å²) in [5.74, 6) is 0.275. The molecule has 0 unspecified atom stereocenters. The summed E-state index contributed by atoms with van der Waals surface area (Å²) in [6, 6.07) is 15.8. The summed E-state index contributed by atoms with van der Waals surface area (Å²) in [6.07, 6.45) is 1.47. The van der Waals surface area contributed by atoms with Gasteiger partial charge in [-0.1, -0.05) is 30.3 Å². The summed E-state index contributed by atoms with van der Waals surface area (Å²) >= 11 is 0. The van der Waals surface area contributed by atoms with Crippen molar-refractivity contribution in [3.63, 3.8) is 0 Å². The molecule has 0 aliphatic carbocycles. The third-order valence-electron chi connectivity index (χ3n) is 6.66. The minimum atomic E-state index is -0.0840. The molecule has 0 atom stereocenters. The summed E-state index contributed by atoms with van der Waals surface area (Å²) in [7, 11) is 0. The van der Waals surface area contributed by atoms with Crippen LogP contribution in [0.2, 0.25) is 0 Å². The topological polar surface area (TPSA) is 55.9 Å². The molecule has 3 amide bonds. The fourth-order valence-electron chi connectivity index (χ4n) is 4.56. The lowest BCUT2D eigenvalue weighted by Gasteiger charge is -2.39. The van der Waals surface area contributed by atoms with Crippen molar-refractivity contribution in [1.29, 1.82) is 0 Å². The van der Waals surface area contributed by atoms with Crippen LogP contribution in [0.1, 0.15) is 24.0 Å². The summed E-state index contributed by atoms with van der Waals surface area (Å²) in [4.78, 5) is 31.8. The van der Waals surface area contributed by atoms with Gasteiger partial charge in [-0.05, 0) is 56.0 Å². The normalized spacial score (nSPS) is 17.5. The molecule has 1 N–H and O–H groups in total. The van der Waals surface area contributed by atoms with Crippen molar-refractivity contribution >= 4 is 23.3 Å². The largest absolute Gasteiger partial charge is 0.368 e. The van der Waals surface area contributed by atoms with Crippen molar-refractivity contribution < 1.29 is 9.59 Å². The van der Waals surface area contributed by atoms with E-state index in [9.17, 15) is 9.59 Å². The van der Waals surface area contributed by atoms with Crippen LogP contribution in [0.4, 0.5) is 16.2 Å². The van der Waals surface area contributed by atoms with Gasteiger partial charge >= 0.3 is 6.03 Å². The zero-order chi connectivity index (χ0) is 21.8. The molecule has 2 aromatic rings. The quantitative estimate of drug-likeness (QED) is 0.820. The molecule has 2 aromatic carbocycles. The van der Waals surface area contributed by atoms with E-state index >= 15 is 0 Å². The Morgan fingerprint density at radius 3 is 2.16 bits per heavy atom. The van der Waals surface area contributed by atoms with Gasteiger partial charge in [0.1, 0.15) is 0 Å². The Bertz CT molecular complexity index is 914. The number of urea groups is 1. The second kappa shape index (κ2) is 9.41. The van der Waals surface area contributed by atoms with Gasteiger partial charge in [-0.25, -0.2) is 4.79 Å². The highest BCUT2D eigenvalue weighted by molar-refractivity contribution is 5.89. The fourth-order valence-corrected chi connectivity index (χ4v) is 4.56. The van der Waals surface area contributed by atoms with E-state index in [-0.39, 0.29) is 17.9 Å². The molecule has 0 spiro atoms. The minimum absolute atomic E-state index is 0.0213. The molecule has 164 valence electrons. The molecule has 6 nitrogen and oxygen atoms in total. The number of carbonyl (C=O) groups is 2. The zero-order valence-electron chi connectivity index (χ0n) is 18.5. The van der Waals surface area contributed by atoms with Crippen LogP contribution in [0.5, 0.6) is 0 Å². The van der Waals surface area contributed by atoms with E-state index in [0.29, 0.717) is 13.1 Å². The van der Waals surface area contributed by atoms with E-state index in [4.69, 9.17) is 0 Å². The minimum Gasteiger partial charge on any atom is -0.368 e. The molecule has 2 aliphatic heterocycles. The summed E-state index contributed by atoms with van der Waals surface area (Å²) in [6.45, 7) is 8.83. The van der Waals surface area contributed by atoms with Crippen LogP contribution in [0.15, 0.2) is 48.5 Å². The van der Waals surface area contributed by atoms with Crippen LogP contribution in [-0.2, 0) is 4.79 Å². The number of nitrogens with one attached hydrogen (secondary N) is 1. The predicted octanol–water partition coefficient (Wildman–Crippen LogP) is 3.90. The number of para-hydroxylation sites is 1. The second-order valence-corrected chi connectivity index (χ2v) is 8.59. The van der Waals surface area contributed by atoms with E-state index in [2.05, 4.69) is 42.3 Å². The molecule has 0 radical (unpaired) electrons. The number of amides is 3. The number of piperazine rings is 1. The van der Waals surface area contributed by atoms with E-state index in [1.165, 1.54) is 16.8 Å². The van der Waals surface area contributed by atoms with Gasteiger partial charge in [0.2, 0.25) is 5.91 Å². The van der Waals surface area contributed by atoms with Crippen molar-refractivity contribution in [1.82, 2.24) is 9.80 Å². The van der Waals surface area contributed by atoms with Crippen LogP contribution in [0, 0.1) is 19.8 Å². The summed E-state index contributed by atoms with van der Waals surface area (Å²) in [5.41, 5.74) is 4.71. The number of hydrogen-bond acceptors (Lipinski definition) is 3. The summed E-state index contributed by atoms with van der Waals surface area (Å²) in [5, 5.41) is 2.93. The average molecular weight is 421 g/mol. The van der Waals surface area contributed by atoms with Crippen LogP contribution in [-0.4, -0.2) is 61.0 Å². The fraction of sp³-hybridized carbons (Fsp3) is 0.440. The standard InChI is InChI=1S/C25H32N4O2/c1-19-7-6-10-23(20(19)2)27-15-17-28(18-16-27)24(30)21-11-13-29(14-12-21)25(31)26-22-8-4-3-5-9-22/h3-10,21H,11-18H2,1-2H3,(H,26,31). The number of piperidine rings is 1. The smallest absolute Gasteiger partial charge is 0.321 e. The van der Waals surface area contributed by atoms with E-state index in [1.807, 2.05) is 40.1 Å². The lowest BCUT2D eigenvalue weighted by molar-refractivity contribution is -0.137. The van der Waals surface area contributed by atoms with E-state index in [0.717, 1.165) is 44.7 Å². The monoisotopic (exact) mass is 420 g/mol. The first-order chi connectivity index (χ1) is 15.0. The molecule has 31 heavy (non-hydrogen) atoms. The first kappa shape index (κ1) is 21.2. The van der Waals surface area contributed by atoms with Gasteiger partial charge in [-0.3, -0.25) is 4.79 Å². The van der Waals surface area contributed by atoms with Crippen LogP contribution < -0.4 is 10.2 Å². The Hall–Kier alpha value is -3.02. The molecule has 2 heterocycles. The van der Waals surface area contributed by atoms with Crippen molar-refractivity contribution in [2.24, 2.45) is 5.92 Å². The van der Waals surface area contributed by atoms with Gasteiger partial charge in [0.25, 0.3) is 0 Å². The van der Waals surface area contributed by atoms with Crippen molar-refractivity contribution in [3.8, 4) is 0 Å². The average Bonchev–Trinajstić information content (AvgIpc) is 2.81. The first-order valence-corrected chi connectivity index (χ1v) is 11.2. The Morgan fingerprint density at radius 1 is 0.806 bits per heavy atom. The van der Waals surface area contributed by atoms with Crippen LogP contribution in [0.3, 0.4) is 0 Å². The molecule has 0 saturated carbocycles. The van der Waals surface area contributed by atoms with Gasteiger partial charge in [0, 0.05) is 56.6 Å². The molecule has 0 bridgehead atoms. The van der Waals surface area contributed by atoms with E-state index in [1.54, 1.807) is 0 Å². The second-order valence-electron chi connectivity index (χ2n) is 8.59. The first-order valence-electron chi connectivity index (χ1n) is 11.2. The number of likely N-dealkylation sites (tertiary alicyclic amines) is 1. The van der Waals surface area contributed by atoms with E-state index < -0.39 is 0 Å². The summed E-state index contributed by atoms with van der Waals surface area (Å²) < 4.78 is 0. The number of rotatable bonds is 3. The molecule has 0 aromatic heterocycles. The number of carbonyl (C=O) groups excluding carboxylic acids is 2. The van der Waals surface area contributed by atoms with Crippen molar-refractivity contribution in [3.05, 3.63) is 59.7 Å². The maximum atomic E-state index is 13.1. The maximum absolute atomic E-state index is 13.1. The molecule has 4 rings (SSSR count). The molecular formula is C25H32N4O2. The highest BCUT2D eigenvalue weighted by Crippen LogP contribution is 2.26. The van der Waals surface area contributed by atoms with Crippen LogP contribution >= 0.6 is 0 Å². The third-order valence-corrected chi connectivity index (χ3v) is 6.66. The number of anilines is 2. The Morgan fingerprint density at radius 2 is 1.48 bits per heavy atom. The maximum Gasteiger partial charge on any atom is 0.321 e. The predicted molar refractivity (Wildman–Crippen MR) is 124 cm³/mol. The van der Waals surface area contributed by atoms with Gasteiger partial charge in [0.15, 0.2) is 0 Å². The number of benzene rings is 2. The molecule has 2 saturated heterocycles. The SMILES string of the molecule is Cc1cccc(N2CCN(C(=O)C3CCN(C(=O)Nc4ccccc4)CC3)CC2)c1C. The van der Waals surface area contributed by atoms with Gasteiger partial charge < -0.3 is 20.0 Å². The van der Waals surface area contributed by atoms with Crippen LogP contribution in [0.25, 0.3) is 0 Å². The Labute approximate surface area is 184 Å². The molecule has 2 aliphatic rings.